The van der Waals surface area contributed by atoms with Crippen molar-refractivity contribution in [2.45, 2.75) is 32.7 Å². The smallest absolute Gasteiger partial charge is 0.253 e. The minimum Gasteiger partial charge on any atom is -0.384 e. The van der Waals surface area contributed by atoms with E-state index in [9.17, 15) is 4.79 Å². The molecule has 1 aromatic heterocycles. The normalized spacial score (nSPS) is 14.6. The molecule has 4 heteroatoms. The molecular formula is C18H21N3O. The number of amides is 1. The van der Waals surface area contributed by atoms with Crippen LogP contribution < -0.4 is 10.6 Å². The molecule has 0 saturated heterocycles. The zero-order chi connectivity index (χ0) is 15.5. The summed E-state index contributed by atoms with van der Waals surface area (Å²) in [5.74, 6) is -0.0520. The summed E-state index contributed by atoms with van der Waals surface area (Å²) in [5, 5.41) is 6.42. The molecule has 1 aliphatic heterocycles. The lowest BCUT2D eigenvalue weighted by atomic mass is 9.98. The highest BCUT2D eigenvalue weighted by atomic mass is 16.1. The quantitative estimate of drug-likeness (QED) is 0.914. The van der Waals surface area contributed by atoms with Gasteiger partial charge in [0, 0.05) is 12.7 Å². The Kier molecular flexibility index (Phi) is 4.09. The molecule has 114 valence electrons. The number of pyridine rings is 1. The van der Waals surface area contributed by atoms with E-state index in [2.05, 4.69) is 21.7 Å². The molecule has 1 atom stereocenters. The minimum atomic E-state index is -0.117. The molecule has 4 nitrogen and oxygen atoms in total. The molecule has 22 heavy (non-hydrogen) atoms. The Morgan fingerprint density at radius 2 is 2.18 bits per heavy atom. The summed E-state index contributed by atoms with van der Waals surface area (Å²) in [4.78, 5) is 17.0. The van der Waals surface area contributed by atoms with Gasteiger partial charge < -0.3 is 10.6 Å². The van der Waals surface area contributed by atoms with Gasteiger partial charge in [-0.3, -0.25) is 9.78 Å². The second kappa shape index (κ2) is 6.18. The largest absolute Gasteiger partial charge is 0.384 e. The second-order valence-corrected chi connectivity index (χ2v) is 5.77. The fourth-order valence-electron chi connectivity index (χ4n) is 2.99. The molecule has 1 aliphatic rings. The van der Waals surface area contributed by atoms with Crippen LogP contribution in [0, 0.1) is 6.92 Å². The van der Waals surface area contributed by atoms with Gasteiger partial charge in [-0.15, -0.1) is 0 Å². The number of fused-ring (bicyclic) bond motifs is 1. The van der Waals surface area contributed by atoms with Crippen molar-refractivity contribution in [3.63, 3.8) is 0 Å². The highest BCUT2D eigenvalue weighted by molar-refractivity contribution is 6.00. The number of para-hydroxylation sites is 1. The standard InChI is InChI=1S/C18H21N3O/c1-12-6-4-10-19-16(12)13(2)21-18(22)15-9-3-7-14-8-5-11-20-17(14)15/h3-4,6-7,9-10,13,20H,5,8,11H2,1-2H3,(H,21,22)/t13-/m1/s1. The third-order valence-electron chi connectivity index (χ3n) is 4.13. The first-order valence-electron chi connectivity index (χ1n) is 7.75. The van der Waals surface area contributed by atoms with Crippen LogP contribution in [0.2, 0.25) is 0 Å². The number of hydrogen-bond acceptors (Lipinski definition) is 3. The van der Waals surface area contributed by atoms with Gasteiger partial charge in [-0.05, 0) is 49.9 Å². The van der Waals surface area contributed by atoms with Crippen LogP contribution in [-0.4, -0.2) is 17.4 Å². The number of carbonyl (C=O) groups is 1. The highest BCUT2D eigenvalue weighted by Gasteiger charge is 2.19. The maximum atomic E-state index is 12.6. The summed E-state index contributed by atoms with van der Waals surface area (Å²) < 4.78 is 0. The third-order valence-corrected chi connectivity index (χ3v) is 4.13. The van der Waals surface area contributed by atoms with Crippen molar-refractivity contribution in [3.05, 3.63) is 58.9 Å². The van der Waals surface area contributed by atoms with Crippen LogP contribution in [-0.2, 0) is 6.42 Å². The van der Waals surface area contributed by atoms with Gasteiger partial charge in [0.25, 0.3) is 5.91 Å². The van der Waals surface area contributed by atoms with Crippen LogP contribution in [0.5, 0.6) is 0 Å². The number of nitrogens with zero attached hydrogens (tertiary/aromatic N) is 1. The number of hydrogen-bond donors (Lipinski definition) is 2. The fourth-order valence-corrected chi connectivity index (χ4v) is 2.99. The van der Waals surface area contributed by atoms with Gasteiger partial charge in [0.2, 0.25) is 0 Å². The van der Waals surface area contributed by atoms with Crippen LogP contribution in [0.4, 0.5) is 5.69 Å². The molecule has 0 saturated carbocycles. The van der Waals surface area contributed by atoms with Crippen molar-refractivity contribution < 1.29 is 4.79 Å². The lowest BCUT2D eigenvalue weighted by molar-refractivity contribution is 0.0939. The van der Waals surface area contributed by atoms with Crippen molar-refractivity contribution in [1.29, 1.82) is 0 Å². The Labute approximate surface area is 131 Å². The monoisotopic (exact) mass is 295 g/mol. The minimum absolute atomic E-state index is 0.0520. The Balaban J connectivity index is 1.82. The Morgan fingerprint density at radius 3 is 3.00 bits per heavy atom. The number of benzene rings is 1. The molecule has 2 heterocycles. The summed E-state index contributed by atoms with van der Waals surface area (Å²) in [7, 11) is 0. The summed E-state index contributed by atoms with van der Waals surface area (Å²) >= 11 is 0. The van der Waals surface area contributed by atoms with E-state index in [1.54, 1.807) is 6.20 Å². The van der Waals surface area contributed by atoms with E-state index in [4.69, 9.17) is 0 Å². The fraction of sp³-hybridized carbons (Fsp3) is 0.333. The molecule has 0 aliphatic carbocycles. The van der Waals surface area contributed by atoms with E-state index in [1.807, 2.05) is 38.1 Å². The SMILES string of the molecule is Cc1cccnc1[C@@H](C)NC(=O)c1cccc2c1NCCC2. The van der Waals surface area contributed by atoms with Gasteiger partial charge in [0.05, 0.1) is 23.0 Å². The maximum absolute atomic E-state index is 12.6. The first-order valence-corrected chi connectivity index (χ1v) is 7.75. The molecule has 0 unspecified atom stereocenters. The van der Waals surface area contributed by atoms with Crippen LogP contribution in [0.15, 0.2) is 36.5 Å². The predicted molar refractivity (Wildman–Crippen MR) is 88.1 cm³/mol. The molecule has 1 amide bonds. The van der Waals surface area contributed by atoms with Crippen molar-refractivity contribution in [3.8, 4) is 0 Å². The number of aryl methyl sites for hydroxylation is 2. The van der Waals surface area contributed by atoms with Gasteiger partial charge in [-0.25, -0.2) is 0 Å². The maximum Gasteiger partial charge on any atom is 0.253 e. The van der Waals surface area contributed by atoms with E-state index >= 15 is 0 Å². The molecule has 3 rings (SSSR count). The number of carbonyl (C=O) groups excluding carboxylic acids is 1. The van der Waals surface area contributed by atoms with Gasteiger partial charge >= 0.3 is 0 Å². The highest BCUT2D eigenvalue weighted by Crippen LogP contribution is 2.26. The van der Waals surface area contributed by atoms with E-state index < -0.39 is 0 Å². The summed E-state index contributed by atoms with van der Waals surface area (Å²) in [6, 6.07) is 9.72. The summed E-state index contributed by atoms with van der Waals surface area (Å²) in [6.07, 6.45) is 3.90. The zero-order valence-corrected chi connectivity index (χ0v) is 13.0. The van der Waals surface area contributed by atoms with Crippen molar-refractivity contribution in [2.75, 3.05) is 11.9 Å². The number of nitrogens with one attached hydrogen (secondary N) is 2. The Morgan fingerprint density at radius 1 is 1.32 bits per heavy atom. The molecule has 2 N–H and O–H groups in total. The van der Waals surface area contributed by atoms with Gasteiger partial charge in [-0.1, -0.05) is 18.2 Å². The Bertz CT molecular complexity index is 696. The zero-order valence-electron chi connectivity index (χ0n) is 13.0. The van der Waals surface area contributed by atoms with Crippen molar-refractivity contribution in [1.82, 2.24) is 10.3 Å². The molecule has 0 bridgehead atoms. The van der Waals surface area contributed by atoms with Crippen LogP contribution in [0.3, 0.4) is 0 Å². The lowest BCUT2D eigenvalue weighted by Crippen LogP contribution is -2.29. The summed E-state index contributed by atoms with van der Waals surface area (Å²) in [5.41, 5.74) is 4.92. The third kappa shape index (κ3) is 2.82. The van der Waals surface area contributed by atoms with Crippen molar-refractivity contribution in [2.24, 2.45) is 0 Å². The van der Waals surface area contributed by atoms with Crippen LogP contribution in [0.1, 0.15) is 46.6 Å². The average molecular weight is 295 g/mol. The molecule has 0 spiro atoms. The first kappa shape index (κ1) is 14.6. The van der Waals surface area contributed by atoms with E-state index in [-0.39, 0.29) is 11.9 Å². The molecule has 2 aromatic rings. The van der Waals surface area contributed by atoms with Gasteiger partial charge in [0.1, 0.15) is 0 Å². The van der Waals surface area contributed by atoms with Gasteiger partial charge in [-0.2, -0.15) is 0 Å². The first-order chi connectivity index (χ1) is 10.7. The molecular weight excluding hydrogens is 274 g/mol. The van der Waals surface area contributed by atoms with E-state index in [0.29, 0.717) is 0 Å². The second-order valence-electron chi connectivity index (χ2n) is 5.77. The number of anilines is 1. The molecule has 1 aromatic carbocycles. The van der Waals surface area contributed by atoms with Gasteiger partial charge in [0.15, 0.2) is 0 Å². The topological polar surface area (TPSA) is 54.0 Å². The predicted octanol–water partition coefficient (Wildman–Crippen LogP) is 3.24. The van der Waals surface area contributed by atoms with E-state index in [0.717, 1.165) is 41.9 Å². The molecule has 0 fully saturated rings. The van der Waals surface area contributed by atoms with Crippen LogP contribution >= 0.6 is 0 Å². The Hall–Kier alpha value is -2.36. The average Bonchev–Trinajstić information content (AvgIpc) is 2.54. The lowest BCUT2D eigenvalue weighted by Gasteiger charge is -2.22. The van der Waals surface area contributed by atoms with E-state index in [1.165, 1.54) is 5.56 Å². The molecule has 0 radical (unpaired) electrons. The summed E-state index contributed by atoms with van der Waals surface area (Å²) in [6.45, 7) is 4.90. The number of rotatable bonds is 3. The van der Waals surface area contributed by atoms with Crippen molar-refractivity contribution >= 4 is 11.6 Å². The number of aromatic nitrogens is 1. The van der Waals surface area contributed by atoms with Crippen LogP contribution in [0.25, 0.3) is 0 Å².